The number of hydrogen-bond donors (Lipinski definition) is 4. The second-order valence-corrected chi connectivity index (χ2v) is 10.2. The maximum Gasteiger partial charge on any atom is 0.435 e. The number of benzene rings is 1. The first-order valence-electron chi connectivity index (χ1n) is 13.9. The minimum Gasteiger partial charge on any atom is -0.350 e. The number of aromatic nitrogens is 5. The Bertz CT molecular complexity index is 1720. The van der Waals surface area contributed by atoms with E-state index in [-0.39, 0.29) is 60.3 Å². The van der Waals surface area contributed by atoms with E-state index in [0.717, 1.165) is 22.9 Å². The zero-order chi connectivity index (χ0) is 31.4. The Morgan fingerprint density at radius 3 is 2.70 bits per heavy atom. The van der Waals surface area contributed by atoms with Crippen LogP contribution < -0.4 is 21.7 Å². The Labute approximate surface area is 249 Å². The molecule has 1 unspecified atom stereocenters. The molecule has 4 aromatic rings. The summed E-state index contributed by atoms with van der Waals surface area (Å²) in [5.74, 6) is -0.00735. The van der Waals surface area contributed by atoms with E-state index in [1.807, 2.05) is 6.92 Å². The lowest BCUT2D eigenvalue weighted by atomic mass is 10.0. The lowest BCUT2D eigenvalue weighted by molar-refractivity contribution is -0.141. The van der Waals surface area contributed by atoms with Crippen LogP contribution in [0, 0.1) is 11.3 Å². The summed E-state index contributed by atoms with van der Waals surface area (Å²) in [5, 5.41) is 21.2. The number of fused-ring (bicyclic) bond motifs is 1. The van der Waals surface area contributed by atoms with Crippen molar-refractivity contribution in [3.8, 4) is 17.3 Å². The van der Waals surface area contributed by atoms with Gasteiger partial charge in [0, 0.05) is 62.1 Å². The molecule has 1 saturated heterocycles. The van der Waals surface area contributed by atoms with Gasteiger partial charge >= 0.3 is 12.2 Å². The summed E-state index contributed by atoms with van der Waals surface area (Å²) in [4.78, 5) is 35.4. The summed E-state index contributed by atoms with van der Waals surface area (Å²) in [7, 11) is 0. The lowest BCUT2D eigenvalue weighted by Crippen LogP contribution is -2.42. The zero-order valence-corrected chi connectivity index (χ0v) is 23.7. The van der Waals surface area contributed by atoms with Gasteiger partial charge in [-0.05, 0) is 36.6 Å². The molecule has 16 heteroatoms. The van der Waals surface area contributed by atoms with Crippen molar-refractivity contribution in [2.24, 2.45) is 5.73 Å². The molecule has 5 N–H and O–H groups in total. The van der Waals surface area contributed by atoms with Crippen molar-refractivity contribution in [1.82, 2.24) is 39.7 Å². The smallest absolute Gasteiger partial charge is 0.350 e. The highest BCUT2D eigenvalue weighted by molar-refractivity contribution is 5.96. The Morgan fingerprint density at radius 1 is 1.20 bits per heavy atom. The highest BCUT2D eigenvalue weighted by atomic mass is 19.4. The van der Waals surface area contributed by atoms with E-state index in [4.69, 9.17) is 11.0 Å². The van der Waals surface area contributed by atoms with Crippen LogP contribution in [0.15, 0.2) is 43.0 Å². The predicted octanol–water partition coefficient (Wildman–Crippen LogP) is 2.91. The topological polar surface area (TPSA) is 171 Å². The van der Waals surface area contributed by atoms with Gasteiger partial charge in [-0.2, -0.15) is 23.5 Å². The van der Waals surface area contributed by atoms with Crippen molar-refractivity contribution < 1.29 is 22.8 Å². The van der Waals surface area contributed by atoms with Crippen LogP contribution in [0.4, 0.5) is 29.5 Å². The Kier molecular flexibility index (Phi) is 8.67. The first kappa shape index (κ1) is 30.3. The molecule has 5 rings (SSSR count). The summed E-state index contributed by atoms with van der Waals surface area (Å²) in [6.45, 7) is 3.20. The number of aryl methyl sites for hydroxylation is 1. The van der Waals surface area contributed by atoms with E-state index in [9.17, 15) is 22.8 Å². The molecular formula is C28H30F3N11O2. The third kappa shape index (κ3) is 6.42. The molecular weight excluding hydrogens is 579 g/mol. The molecule has 13 nitrogen and oxygen atoms in total. The molecule has 3 amide bonds. The van der Waals surface area contributed by atoms with Gasteiger partial charge in [0.1, 0.15) is 6.54 Å². The van der Waals surface area contributed by atoms with Gasteiger partial charge in [-0.25, -0.2) is 14.8 Å². The number of amides is 3. The number of imidazole rings is 1. The van der Waals surface area contributed by atoms with Gasteiger partial charge in [0.05, 0.1) is 23.5 Å². The number of alkyl halides is 3. The molecule has 0 bridgehead atoms. The zero-order valence-electron chi connectivity index (χ0n) is 23.7. The van der Waals surface area contributed by atoms with Crippen molar-refractivity contribution in [2.75, 3.05) is 31.5 Å². The molecule has 1 aliphatic heterocycles. The number of nitrogens with one attached hydrogen (secondary N) is 3. The highest BCUT2D eigenvalue weighted by Gasteiger charge is 2.38. The Morgan fingerprint density at radius 2 is 2.00 bits per heavy atom. The van der Waals surface area contributed by atoms with Gasteiger partial charge in [0.15, 0.2) is 17.2 Å². The standard InChI is InChI=1S/C28H30F3N11O2/c1-2-17-13-19(3-4-20(17)26(43)35-7-8-36-27(44)40-10-5-18(33)15-40)38-24-25-37-14-22(42(25)12-9-34-24)21-16-41(11-6-32)39-23(21)28(29,30)31/h3-4,9,12-14,16,18H,2,5,7-8,10-11,15,33H2,1H3,(H,34,38)(H,35,43)(H,36,44). The van der Waals surface area contributed by atoms with Crippen molar-refractivity contribution in [1.29, 1.82) is 5.26 Å². The second-order valence-electron chi connectivity index (χ2n) is 10.2. The molecule has 1 fully saturated rings. The first-order valence-corrected chi connectivity index (χ1v) is 13.9. The van der Waals surface area contributed by atoms with Crippen LogP contribution in [0.2, 0.25) is 0 Å². The average molecular weight is 610 g/mol. The van der Waals surface area contributed by atoms with E-state index in [2.05, 4.69) is 31.0 Å². The summed E-state index contributed by atoms with van der Waals surface area (Å²) in [5.41, 5.74) is 6.70. The normalized spacial score (nSPS) is 14.9. The van der Waals surface area contributed by atoms with E-state index in [1.165, 1.54) is 23.0 Å². The number of anilines is 2. The third-order valence-corrected chi connectivity index (χ3v) is 7.16. The molecule has 44 heavy (non-hydrogen) atoms. The van der Waals surface area contributed by atoms with Crippen molar-refractivity contribution in [2.45, 2.75) is 38.5 Å². The first-order chi connectivity index (χ1) is 21.1. The minimum absolute atomic E-state index is 0.00967. The van der Waals surface area contributed by atoms with Gasteiger partial charge in [-0.15, -0.1) is 0 Å². The fourth-order valence-electron chi connectivity index (χ4n) is 5.02. The highest BCUT2D eigenvalue weighted by Crippen LogP contribution is 2.37. The number of carbonyl (C=O) groups excluding carboxylic acids is 2. The van der Waals surface area contributed by atoms with Gasteiger partial charge in [-0.3, -0.25) is 13.9 Å². The van der Waals surface area contributed by atoms with Crippen LogP contribution in [0.3, 0.4) is 0 Å². The monoisotopic (exact) mass is 609 g/mol. The molecule has 0 spiro atoms. The number of nitriles is 1. The van der Waals surface area contributed by atoms with Gasteiger partial charge in [-0.1, -0.05) is 6.92 Å². The fraction of sp³-hybridized carbons (Fsp3) is 0.357. The Balaban J connectivity index is 1.29. The number of carbonyl (C=O) groups is 2. The maximum atomic E-state index is 13.7. The number of hydrogen-bond acceptors (Lipinski definition) is 8. The summed E-state index contributed by atoms with van der Waals surface area (Å²) in [6.07, 6.45) is 1.93. The number of nitrogens with zero attached hydrogens (tertiary/aromatic N) is 7. The van der Waals surface area contributed by atoms with Crippen molar-refractivity contribution >= 4 is 29.1 Å². The quantitative estimate of drug-likeness (QED) is 0.210. The molecule has 1 aromatic carbocycles. The van der Waals surface area contributed by atoms with E-state index >= 15 is 0 Å². The molecule has 0 aliphatic carbocycles. The average Bonchev–Trinajstić information content (AvgIpc) is 3.73. The molecule has 1 aliphatic rings. The summed E-state index contributed by atoms with van der Waals surface area (Å²) >= 11 is 0. The third-order valence-electron chi connectivity index (χ3n) is 7.16. The molecule has 4 heterocycles. The lowest BCUT2D eigenvalue weighted by Gasteiger charge is -2.17. The fourth-order valence-corrected chi connectivity index (χ4v) is 5.02. The van der Waals surface area contributed by atoms with Gasteiger partial charge in [0.25, 0.3) is 5.91 Å². The van der Waals surface area contributed by atoms with Crippen LogP contribution >= 0.6 is 0 Å². The maximum absolute atomic E-state index is 13.7. The molecule has 0 saturated carbocycles. The number of urea groups is 1. The van der Waals surface area contributed by atoms with Crippen molar-refractivity contribution in [3.63, 3.8) is 0 Å². The molecule has 0 radical (unpaired) electrons. The van der Waals surface area contributed by atoms with E-state index < -0.39 is 11.9 Å². The summed E-state index contributed by atoms with van der Waals surface area (Å²) < 4.78 is 43.6. The van der Waals surface area contributed by atoms with Gasteiger partial charge < -0.3 is 26.6 Å². The SMILES string of the molecule is CCc1cc(Nc2nccn3c(-c4cn(CC#N)nc4C(F)(F)F)cnc23)ccc1C(=O)NCCNC(=O)N1CCC(N)C1. The number of nitrogens with two attached hydrogens (primary N) is 1. The number of rotatable bonds is 9. The summed E-state index contributed by atoms with van der Waals surface area (Å²) in [6, 6.07) is 6.71. The van der Waals surface area contributed by atoms with Gasteiger partial charge in [0.2, 0.25) is 0 Å². The number of halogens is 3. The van der Waals surface area contributed by atoms with Crippen LogP contribution in [-0.4, -0.2) is 73.2 Å². The molecule has 230 valence electrons. The van der Waals surface area contributed by atoms with E-state index in [1.54, 1.807) is 29.2 Å². The molecule has 3 aromatic heterocycles. The van der Waals surface area contributed by atoms with Crippen LogP contribution in [0.1, 0.15) is 35.0 Å². The van der Waals surface area contributed by atoms with E-state index in [0.29, 0.717) is 30.8 Å². The van der Waals surface area contributed by atoms with Crippen LogP contribution in [0.5, 0.6) is 0 Å². The minimum atomic E-state index is -4.74. The predicted molar refractivity (Wildman–Crippen MR) is 154 cm³/mol. The van der Waals surface area contributed by atoms with Crippen LogP contribution in [-0.2, 0) is 19.1 Å². The molecule has 1 atom stereocenters. The Hall–Kier alpha value is -5.17. The van der Waals surface area contributed by atoms with Crippen molar-refractivity contribution in [3.05, 3.63) is 59.8 Å². The largest absolute Gasteiger partial charge is 0.435 e. The number of likely N-dealkylation sites (tertiary alicyclic amines) is 1. The van der Waals surface area contributed by atoms with Crippen LogP contribution in [0.25, 0.3) is 16.9 Å². The second kappa shape index (κ2) is 12.6.